The fourth-order valence-electron chi connectivity index (χ4n) is 2.79. The van der Waals surface area contributed by atoms with E-state index >= 15 is 0 Å². The van der Waals surface area contributed by atoms with Gasteiger partial charge in [-0.25, -0.2) is 9.37 Å². The fourth-order valence-corrected chi connectivity index (χ4v) is 3.87. The number of hydrogen-bond acceptors (Lipinski definition) is 4. The predicted octanol–water partition coefficient (Wildman–Crippen LogP) is 4.25. The zero-order valence-electron chi connectivity index (χ0n) is 14.1. The van der Waals surface area contributed by atoms with E-state index in [4.69, 9.17) is 11.6 Å². The maximum absolute atomic E-state index is 13.1. The Morgan fingerprint density at radius 3 is 2.81 bits per heavy atom. The van der Waals surface area contributed by atoms with Crippen LogP contribution in [0.15, 0.2) is 52.4 Å². The lowest BCUT2D eigenvalue weighted by atomic mass is 10.2. The Balaban J connectivity index is 1.55. The van der Waals surface area contributed by atoms with Gasteiger partial charge >= 0.3 is 0 Å². The molecule has 0 atom stereocenters. The van der Waals surface area contributed by atoms with Crippen molar-refractivity contribution in [1.29, 1.82) is 0 Å². The van der Waals surface area contributed by atoms with Crippen molar-refractivity contribution in [3.8, 4) is 0 Å². The Kier molecular flexibility index (Phi) is 4.88. The summed E-state index contributed by atoms with van der Waals surface area (Å²) in [6.07, 6.45) is 1.87. The summed E-state index contributed by atoms with van der Waals surface area (Å²) in [5.74, 6) is -0.718. The van der Waals surface area contributed by atoms with Gasteiger partial charge in [-0.3, -0.25) is 14.2 Å². The van der Waals surface area contributed by atoms with E-state index in [1.54, 1.807) is 16.7 Å². The maximum atomic E-state index is 13.1. The second-order valence-electron chi connectivity index (χ2n) is 6.28. The quantitative estimate of drug-likeness (QED) is 0.511. The molecule has 0 unspecified atom stereocenters. The minimum Gasteiger partial charge on any atom is -0.324 e. The van der Waals surface area contributed by atoms with E-state index in [1.807, 2.05) is 12.1 Å². The highest BCUT2D eigenvalue weighted by molar-refractivity contribution is 7.99. The molecule has 1 aliphatic rings. The molecule has 1 amide bonds. The molecule has 1 heterocycles. The van der Waals surface area contributed by atoms with E-state index in [9.17, 15) is 14.0 Å². The lowest BCUT2D eigenvalue weighted by molar-refractivity contribution is -0.113. The van der Waals surface area contributed by atoms with E-state index in [1.165, 1.54) is 23.9 Å². The molecule has 1 N–H and O–H groups in total. The first kappa shape index (κ1) is 18.0. The predicted molar refractivity (Wildman–Crippen MR) is 105 cm³/mol. The summed E-state index contributed by atoms with van der Waals surface area (Å²) < 4.78 is 14.8. The molecular formula is C19H15ClFN3O2S. The van der Waals surface area contributed by atoms with Crippen LogP contribution >= 0.6 is 23.4 Å². The lowest BCUT2D eigenvalue weighted by Crippen LogP contribution is -2.23. The van der Waals surface area contributed by atoms with Crippen LogP contribution in [0, 0.1) is 5.82 Å². The van der Waals surface area contributed by atoms with Crippen LogP contribution in [0.2, 0.25) is 5.02 Å². The third-order valence-electron chi connectivity index (χ3n) is 4.23. The van der Waals surface area contributed by atoms with Crippen molar-refractivity contribution in [2.24, 2.45) is 0 Å². The monoisotopic (exact) mass is 403 g/mol. The topological polar surface area (TPSA) is 64.0 Å². The molecule has 2 aromatic carbocycles. The first-order valence-electron chi connectivity index (χ1n) is 8.42. The Hall–Kier alpha value is -2.38. The molecule has 1 aliphatic carbocycles. The Morgan fingerprint density at radius 2 is 2.07 bits per heavy atom. The molecule has 138 valence electrons. The number of rotatable bonds is 5. The van der Waals surface area contributed by atoms with Crippen molar-refractivity contribution in [3.05, 3.63) is 63.7 Å². The number of thioether (sulfide) groups is 1. The number of hydrogen-bond donors (Lipinski definition) is 1. The van der Waals surface area contributed by atoms with Crippen molar-refractivity contribution in [3.63, 3.8) is 0 Å². The zero-order chi connectivity index (χ0) is 19.0. The summed E-state index contributed by atoms with van der Waals surface area (Å²) in [7, 11) is 0. The van der Waals surface area contributed by atoms with E-state index in [-0.39, 0.29) is 28.3 Å². The van der Waals surface area contributed by atoms with Crippen LogP contribution < -0.4 is 10.9 Å². The van der Waals surface area contributed by atoms with Crippen molar-refractivity contribution in [2.75, 3.05) is 11.1 Å². The molecule has 1 fully saturated rings. The highest BCUT2D eigenvalue weighted by Gasteiger charge is 2.28. The first-order valence-corrected chi connectivity index (χ1v) is 9.78. The summed E-state index contributed by atoms with van der Waals surface area (Å²) in [4.78, 5) is 29.6. The highest BCUT2D eigenvalue weighted by atomic mass is 35.5. The lowest BCUT2D eigenvalue weighted by Gasteiger charge is -2.12. The van der Waals surface area contributed by atoms with Gasteiger partial charge in [0.25, 0.3) is 5.56 Å². The summed E-state index contributed by atoms with van der Waals surface area (Å²) >= 11 is 7.14. The van der Waals surface area contributed by atoms with Crippen LogP contribution in [-0.2, 0) is 4.79 Å². The van der Waals surface area contributed by atoms with Crippen LogP contribution in [0.3, 0.4) is 0 Å². The van der Waals surface area contributed by atoms with Crippen molar-refractivity contribution in [2.45, 2.75) is 24.0 Å². The van der Waals surface area contributed by atoms with Crippen LogP contribution in [0.25, 0.3) is 10.9 Å². The van der Waals surface area contributed by atoms with E-state index in [0.29, 0.717) is 21.7 Å². The Labute approximate surface area is 163 Å². The molecule has 0 aliphatic heterocycles. The summed E-state index contributed by atoms with van der Waals surface area (Å²) in [5.41, 5.74) is 0.881. The molecule has 27 heavy (non-hydrogen) atoms. The van der Waals surface area contributed by atoms with Gasteiger partial charge in [-0.2, -0.15) is 0 Å². The summed E-state index contributed by atoms with van der Waals surface area (Å²) in [6.45, 7) is 0. The van der Waals surface area contributed by atoms with Crippen molar-refractivity contribution in [1.82, 2.24) is 9.55 Å². The number of nitrogens with zero attached hydrogens (tertiary/aromatic N) is 2. The number of carbonyl (C=O) groups is 1. The minimum absolute atomic E-state index is 0.0607. The van der Waals surface area contributed by atoms with Crippen molar-refractivity contribution >= 4 is 45.9 Å². The maximum Gasteiger partial charge on any atom is 0.262 e. The average molecular weight is 404 g/mol. The number of aromatic nitrogens is 2. The second-order valence-corrected chi connectivity index (χ2v) is 7.63. The zero-order valence-corrected chi connectivity index (χ0v) is 15.7. The van der Waals surface area contributed by atoms with E-state index in [0.717, 1.165) is 18.9 Å². The van der Waals surface area contributed by atoms with E-state index in [2.05, 4.69) is 10.3 Å². The van der Waals surface area contributed by atoms with Crippen LogP contribution in [0.5, 0.6) is 0 Å². The molecule has 3 aromatic rings. The van der Waals surface area contributed by atoms with Gasteiger partial charge < -0.3 is 5.32 Å². The molecule has 1 saturated carbocycles. The van der Waals surface area contributed by atoms with E-state index < -0.39 is 5.82 Å². The number of halogens is 2. The fraction of sp³-hybridized carbons (Fsp3) is 0.211. The summed E-state index contributed by atoms with van der Waals surface area (Å²) in [5, 5.41) is 3.89. The number of benzene rings is 2. The third kappa shape index (κ3) is 3.84. The SMILES string of the molecule is O=C(CSc1nc2ccccc2c(=O)n1C1CC1)Nc1ccc(F)cc1Cl. The third-order valence-corrected chi connectivity index (χ3v) is 5.49. The van der Waals surface area contributed by atoms with Gasteiger partial charge in [0.15, 0.2) is 5.16 Å². The summed E-state index contributed by atoms with van der Waals surface area (Å²) in [6, 6.07) is 11.1. The number of anilines is 1. The molecule has 1 aromatic heterocycles. The number of amides is 1. The van der Waals surface area contributed by atoms with Gasteiger partial charge in [0, 0.05) is 6.04 Å². The second kappa shape index (κ2) is 7.32. The van der Waals surface area contributed by atoms with Gasteiger partial charge in [-0.05, 0) is 43.2 Å². The Bertz CT molecular complexity index is 1100. The van der Waals surface area contributed by atoms with Gasteiger partial charge in [0.1, 0.15) is 5.82 Å². The molecule has 0 radical (unpaired) electrons. The van der Waals surface area contributed by atoms with Crippen molar-refractivity contribution < 1.29 is 9.18 Å². The standard InChI is InChI=1S/C19H15ClFN3O2S/c20-14-9-11(21)5-8-16(14)22-17(25)10-27-19-23-15-4-2-1-3-13(15)18(26)24(19)12-6-7-12/h1-5,8-9,12H,6-7,10H2,(H,22,25). The van der Waals surface area contributed by atoms with Crippen LogP contribution in [0.4, 0.5) is 10.1 Å². The largest absolute Gasteiger partial charge is 0.324 e. The van der Waals surface area contributed by atoms with Gasteiger partial charge in [0.05, 0.1) is 27.4 Å². The number of para-hydroxylation sites is 1. The van der Waals surface area contributed by atoms with Crippen LogP contribution in [0.1, 0.15) is 18.9 Å². The first-order chi connectivity index (χ1) is 13.0. The van der Waals surface area contributed by atoms with Gasteiger partial charge in [-0.15, -0.1) is 0 Å². The molecule has 8 heteroatoms. The number of carbonyl (C=O) groups excluding carboxylic acids is 1. The number of fused-ring (bicyclic) bond motifs is 1. The minimum atomic E-state index is -0.471. The van der Waals surface area contributed by atoms with Crippen LogP contribution in [-0.4, -0.2) is 21.2 Å². The molecule has 4 rings (SSSR count). The average Bonchev–Trinajstić information content (AvgIpc) is 3.47. The molecular weight excluding hydrogens is 389 g/mol. The Morgan fingerprint density at radius 1 is 1.30 bits per heavy atom. The van der Waals surface area contributed by atoms with Gasteiger partial charge in [0.2, 0.25) is 5.91 Å². The molecule has 5 nitrogen and oxygen atoms in total. The number of nitrogens with one attached hydrogen (secondary N) is 1. The normalized spacial score (nSPS) is 13.7. The molecule has 0 bridgehead atoms. The smallest absolute Gasteiger partial charge is 0.262 e. The molecule has 0 saturated heterocycles. The highest BCUT2D eigenvalue weighted by Crippen LogP contribution is 2.36. The van der Waals surface area contributed by atoms with Gasteiger partial charge in [-0.1, -0.05) is 35.5 Å². The molecule has 0 spiro atoms.